The molecular formula is C12H12ClN3O2. The number of aromatic nitrogens is 1. The van der Waals surface area contributed by atoms with Crippen molar-refractivity contribution in [2.24, 2.45) is 0 Å². The number of aryl methyl sites for hydroxylation is 2. The lowest BCUT2D eigenvalue weighted by Crippen LogP contribution is -2.20. The summed E-state index contributed by atoms with van der Waals surface area (Å²) in [6.07, 6.45) is 1.37. The maximum atomic E-state index is 11.7. The normalized spacial score (nSPS) is 10.2. The molecule has 1 heterocycles. The van der Waals surface area contributed by atoms with Crippen LogP contribution in [0, 0.1) is 13.8 Å². The number of nitrogens with zero attached hydrogens (tertiary/aromatic N) is 1. The lowest BCUT2D eigenvalue weighted by molar-refractivity contribution is 0.262. The lowest BCUT2D eigenvalue weighted by Gasteiger charge is -2.11. The van der Waals surface area contributed by atoms with Crippen molar-refractivity contribution >= 4 is 29.1 Å². The van der Waals surface area contributed by atoms with Gasteiger partial charge < -0.3 is 9.84 Å². The van der Waals surface area contributed by atoms with Crippen LogP contribution in [-0.4, -0.2) is 11.2 Å². The first-order valence-electron chi connectivity index (χ1n) is 5.31. The van der Waals surface area contributed by atoms with Crippen LogP contribution in [-0.2, 0) is 0 Å². The number of hydrogen-bond acceptors (Lipinski definition) is 3. The maximum absolute atomic E-state index is 11.7. The second-order valence-electron chi connectivity index (χ2n) is 3.90. The zero-order chi connectivity index (χ0) is 13.1. The Hall–Kier alpha value is -2.01. The molecule has 2 N–H and O–H groups in total. The summed E-state index contributed by atoms with van der Waals surface area (Å²) in [4.78, 5) is 11.7. The molecule has 0 aliphatic rings. The van der Waals surface area contributed by atoms with Crippen LogP contribution in [0.2, 0.25) is 5.02 Å². The summed E-state index contributed by atoms with van der Waals surface area (Å²) >= 11 is 6.08. The molecular weight excluding hydrogens is 254 g/mol. The summed E-state index contributed by atoms with van der Waals surface area (Å²) in [5.41, 5.74) is 2.53. The Bertz CT molecular complexity index is 544. The van der Waals surface area contributed by atoms with Crippen LogP contribution in [0.1, 0.15) is 11.1 Å². The van der Waals surface area contributed by atoms with E-state index in [4.69, 9.17) is 11.6 Å². The van der Waals surface area contributed by atoms with Crippen LogP contribution in [0.3, 0.4) is 0 Å². The van der Waals surface area contributed by atoms with Crippen LogP contribution in [0.15, 0.2) is 29.0 Å². The Labute approximate surface area is 109 Å². The Balaban J connectivity index is 2.12. The Kier molecular flexibility index (Phi) is 3.53. The van der Waals surface area contributed by atoms with E-state index in [1.807, 2.05) is 19.9 Å². The van der Waals surface area contributed by atoms with Crippen molar-refractivity contribution in [2.75, 3.05) is 10.6 Å². The average Bonchev–Trinajstić information content (AvgIpc) is 2.76. The van der Waals surface area contributed by atoms with E-state index in [9.17, 15) is 4.79 Å². The van der Waals surface area contributed by atoms with E-state index in [2.05, 4.69) is 20.3 Å². The number of anilines is 2. The third-order valence-electron chi connectivity index (χ3n) is 2.35. The molecule has 0 saturated carbocycles. The Morgan fingerprint density at radius 3 is 2.72 bits per heavy atom. The molecule has 0 saturated heterocycles. The molecule has 0 radical (unpaired) electrons. The maximum Gasteiger partial charge on any atom is 0.324 e. The summed E-state index contributed by atoms with van der Waals surface area (Å²) < 4.78 is 4.61. The number of rotatable bonds is 2. The van der Waals surface area contributed by atoms with Gasteiger partial charge in [-0.05, 0) is 31.0 Å². The monoisotopic (exact) mass is 265 g/mol. The van der Waals surface area contributed by atoms with Crippen molar-refractivity contribution in [1.82, 2.24) is 5.16 Å². The molecule has 0 fully saturated rings. The molecule has 6 heteroatoms. The molecule has 0 aliphatic carbocycles. The van der Waals surface area contributed by atoms with E-state index in [-0.39, 0.29) is 0 Å². The van der Waals surface area contributed by atoms with E-state index in [0.717, 1.165) is 11.1 Å². The Morgan fingerprint density at radius 2 is 2.11 bits per heavy atom. The first kappa shape index (κ1) is 12.4. The number of carbonyl (C=O) groups excluding carboxylic acids is 1. The van der Waals surface area contributed by atoms with Crippen LogP contribution >= 0.6 is 11.6 Å². The predicted molar refractivity (Wildman–Crippen MR) is 70.1 cm³/mol. The van der Waals surface area contributed by atoms with Crippen molar-refractivity contribution in [3.63, 3.8) is 0 Å². The number of nitrogens with one attached hydrogen (secondary N) is 2. The standard InChI is InChI=1S/C12H12ClN3O2/c1-7-5-8(2)11(9(13)6-7)15-12(17)14-10-3-4-18-16-10/h3-6H,1-2H3,(H2,14,15,16,17). The van der Waals surface area contributed by atoms with E-state index >= 15 is 0 Å². The number of hydrogen-bond donors (Lipinski definition) is 2. The molecule has 18 heavy (non-hydrogen) atoms. The van der Waals surface area contributed by atoms with Gasteiger partial charge in [0, 0.05) is 6.07 Å². The van der Waals surface area contributed by atoms with Crippen molar-refractivity contribution in [2.45, 2.75) is 13.8 Å². The fraction of sp³-hybridized carbons (Fsp3) is 0.167. The number of urea groups is 1. The molecule has 0 spiro atoms. The van der Waals surface area contributed by atoms with Crippen molar-refractivity contribution in [3.8, 4) is 0 Å². The second-order valence-corrected chi connectivity index (χ2v) is 4.31. The first-order chi connectivity index (χ1) is 8.56. The smallest absolute Gasteiger partial charge is 0.324 e. The molecule has 0 atom stereocenters. The van der Waals surface area contributed by atoms with Gasteiger partial charge in [0.25, 0.3) is 0 Å². The highest BCUT2D eigenvalue weighted by molar-refractivity contribution is 6.34. The fourth-order valence-electron chi connectivity index (χ4n) is 1.61. The summed E-state index contributed by atoms with van der Waals surface area (Å²) in [7, 11) is 0. The summed E-state index contributed by atoms with van der Waals surface area (Å²) in [6, 6.07) is 4.86. The quantitative estimate of drug-likeness (QED) is 0.872. The molecule has 5 nitrogen and oxygen atoms in total. The molecule has 94 valence electrons. The van der Waals surface area contributed by atoms with Crippen LogP contribution in [0.25, 0.3) is 0 Å². The molecule has 0 aliphatic heterocycles. The molecule has 1 aromatic heterocycles. The van der Waals surface area contributed by atoms with E-state index in [1.165, 1.54) is 6.26 Å². The van der Waals surface area contributed by atoms with Gasteiger partial charge in [0.1, 0.15) is 6.26 Å². The largest absolute Gasteiger partial charge is 0.363 e. The van der Waals surface area contributed by atoms with Gasteiger partial charge in [-0.3, -0.25) is 5.32 Å². The van der Waals surface area contributed by atoms with Crippen LogP contribution < -0.4 is 10.6 Å². The molecule has 2 amide bonds. The molecule has 0 unspecified atom stereocenters. The SMILES string of the molecule is Cc1cc(C)c(NC(=O)Nc2ccon2)c(Cl)c1. The van der Waals surface area contributed by atoms with Gasteiger partial charge in [0.05, 0.1) is 10.7 Å². The zero-order valence-electron chi connectivity index (χ0n) is 9.95. The summed E-state index contributed by atoms with van der Waals surface area (Å²) in [5.74, 6) is 0.341. The van der Waals surface area contributed by atoms with E-state index in [1.54, 1.807) is 12.1 Å². The van der Waals surface area contributed by atoms with Crippen molar-refractivity contribution in [1.29, 1.82) is 0 Å². The van der Waals surface area contributed by atoms with Gasteiger partial charge in [-0.15, -0.1) is 0 Å². The van der Waals surface area contributed by atoms with E-state index < -0.39 is 6.03 Å². The minimum absolute atomic E-state index is 0.341. The van der Waals surface area contributed by atoms with Gasteiger partial charge in [0.2, 0.25) is 0 Å². The molecule has 1 aromatic carbocycles. The molecule has 2 aromatic rings. The van der Waals surface area contributed by atoms with Crippen molar-refractivity contribution < 1.29 is 9.32 Å². The van der Waals surface area contributed by atoms with Gasteiger partial charge in [-0.1, -0.05) is 22.8 Å². The second kappa shape index (κ2) is 5.10. The lowest BCUT2D eigenvalue weighted by atomic mass is 10.1. The zero-order valence-corrected chi connectivity index (χ0v) is 10.7. The number of benzene rings is 1. The number of amides is 2. The highest BCUT2D eigenvalue weighted by Gasteiger charge is 2.10. The number of halogens is 1. The highest BCUT2D eigenvalue weighted by atomic mass is 35.5. The molecule has 2 rings (SSSR count). The number of carbonyl (C=O) groups is 1. The minimum atomic E-state index is -0.419. The first-order valence-corrected chi connectivity index (χ1v) is 5.69. The Morgan fingerprint density at radius 1 is 1.33 bits per heavy atom. The summed E-state index contributed by atoms with van der Waals surface area (Å²) in [5, 5.41) is 9.29. The van der Waals surface area contributed by atoms with Crippen LogP contribution in [0.5, 0.6) is 0 Å². The highest BCUT2D eigenvalue weighted by Crippen LogP contribution is 2.27. The molecule has 0 bridgehead atoms. The fourth-order valence-corrected chi connectivity index (χ4v) is 1.98. The van der Waals surface area contributed by atoms with Gasteiger partial charge in [-0.2, -0.15) is 0 Å². The third kappa shape index (κ3) is 2.81. The van der Waals surface area contributed by atoms with Gasteiger partial charge in [-0.25, -0.2) is 4.79 Å². The van der Waals surface area contributed by atoms with E-state index in [0.29, 0.717) is 16.5 Å². The topological polar surface area (TPSA) is 67.2 Å². The summed E-state index contributed by atoms with van der Waals surface area (Å²) in [6.45, 7) is 3.82. The average molecular weight is 266 g/mol. The van der Waals surface area contributed by atoms with Crippen molar-refractivity contribution in [3.05, 3.63) is 40.6 Å². The third-order valence-corrected chi connectivity index (χ3v) is 2.65. The minimum Gasteiger partial charge on any atom is -0.363 e. The van der Waals surface area contributed by atoms with Crippen LogP contribution in [0.4, 0.5) is 16.3 Å². The van der Waals surface area contributed by atoms with Gasteiger partial charge >= 0.3 is 6.03 Å². The van der Waals surface area contributed by atoms with Gasteiger partial charge in [0.15, 0.2) is 5.82 Å². The predicted octanol–water partition coefficient (Wildman–Crippen LogP) is 3.59.